The Labute approximate surface area is 139 Å². The summed E-state index contributed by atoms with van der Waals surface area (Å²) in [5.74, 6) is -0.255. The van der Waals surface area contributed by atoms with Gasteiger partial charge in [-0.3, -0.25) is 0 Å². The Hall–Kier alpha value is -1.87. The van der Waals surface area contributed by atoms with E-state index in [4.69, 9.17) is 10.5 Å². The number of carbonyl (C=O) groups excluding carboxylic acids is 1. The van der Waals surface area contributed by atoms with Crippen LogP contribution in [0.4, 0.5) is 0 Å². The molecule has 0 bridgehead atoms. The van der Waals surface area contributed by atoms with Gasteiger partial charge in [0.05, 0.1) is 12.7 Å². The molecule has 0 radical (unpaired) electrons. The zero-order valence-corrected chi connectivity index (χ0v) is 14.0. The second kappa shape index (κ2) is 9.31. The Morgan fingerprint density at radius 1 is 0.957 bits per heavy atom. The third-order valence-electron chi connectivity index (χ3n) is 4.30. The first-order valence-electron chi connectivity index (χ1n) is 8.57. The van der Waals surface area contributed by atoms with E-state index in [1.165, 1.54) is 43.9 Å². The molecular formula is C20H27NO2. The van der Waals surface area contributed by atoms with Gasteiger partial charge < -0.3 is 10.5 Å². The molecule has 0 unspecified atom stereocenters. The molecule has 3 heteroatoms. The Balaban J connectivity index is 1.99. The van der Waals surface area contributed by atoms with Crippen LogP contribution in [0.15, 0.2) is 36.4 Å². The van der Waals surface area contributed by atoms with Gasteiger partial charge in [-0.25, -0.2) is 4.79 Å². The maximum absolute atomic E-state index is 12.0. The van der Waals surface area contributed by atoms with Crippen molar-refractivity contribution in [1.82, 2.24) is 0 Å². The molecule has 124 valence electrons. The summed E-state index contributed by atoms with van der Waals surface area (Å²) >= 11 is 0. The third-order valence-corrected chi connectivity index (χ3v) is 4.30. The molecule has 2 aliphatic carbocycles. The molecule has 0 aromatic rings. The third kappa shape index (κ3) is 4.80. The lowest BCUT2D eigenvalue weighted by atomic mass is 10.0. The summed E-state index contributed by atoms with van der Waals surface area (Å²) in [5.41, 5.74) is 9.59. The Morgan fingerprint density at radius 3 is 2.30 bits per heavy atom. The average Bonchev–Trinajstić information content (AvgIpc) is 2.74. The van der Waals surface area contributed by atoms with E-state index in [0.29, 0.717) is 5.56 Å². The summed E-state index contributed by atoms with van der Waals surface area (Å²) in [6.45, 7) is 0.798. The molecule has 0 aromatic heterocycles. The SMILES string of the molecule is COC(=O)c1cc(CCCCCCCCN)c2cccccc1-2. The predicted molar refractivity (Wildman–Crippen MR) is 94.9 cm³/mol. The molecule has 3 nitrogen and oxygen atoms in total. The molecule has 0 fully saturated rings. The Bertz CT molecular complexity index is 594. The molecule has 0 spiro atoms. The molecule has 2 aliphatic rings. The Morgan fingerprint density at radius 2 is 1.61 bits per heavy atom. The van der Waals surface area contributed by atoms with E-state index in [-0.39, 0.29) is 5.97 Å². The number of nitrogens with two attached hydrogens (primary N) is 1. The van der Waals surface area contributed by atoms with Gasteiger partial charge in [-0.15, -0.1) is 0 Å². The number of esters is 1. The average molecular weight is 313 g/mol. The van der Waals surface area contributed by atoms with Gasteiger partial charge >= 0.3 is 5.97 Å². The molecular weight excluding hydrogens is 286 g/mol. The first-order valence-corrected chi connectivity index (χ1v) is 8.57. The second-order valence-electron chi connectivity index (χ2n) is 5.97. The van der Waals surface area contributed by atoms with Crippen molar-refractivity contribution in [3.8, 4) is 11.1 Å². The summed E-state index contributed by atoms with van der Waals surface area (Å²) in [5, 5.41) is 0. The topological polar surface area (TPSA) is 52.3 Å². The molecule has 0 aromatic carbocycles. The molecule has 0 atom stereocenters. The number of carbonyl (C=O) groups is 1. The second-order valence-corrected chi connectivity index (χ2v) is 5.97. The number of hydrogen-bond donors (Lipinski definition) is 1. The van der Waals surface area contributed by atoms with Crippen LogP contribution in [0.3, 0.4) is 0 Å². The lowest BCUT2D eigenvalue weighted by Gasteiger charge is -2.03. The summed E-state index contributed by atoms with van der Waals surface area (Å²) < 4.78 is 4.92. The zero-order chi connectivity index (χ0) is 16.5. The summed E-state index contributed by atoms with van der Waals surface area (Å²) in [6, 6.07) is 12.1. The van der Waals surface area contributed by atoms with Crippen LogP contribution in [-0.4, -0.2) is 19.6 Å². The van der Waals surface area contributed by atoms with E-state index >= 15 is 0 Å². The van der Waals surface area contributed by atoms with Crippen LogP contribution in [-0.2, 0) is 11.2 Å². The predicted octanol–water partition coefficient (Wildman–Crippen LogP) is 4.42. The van der Waals surface area contributed by atoms with Crippen molar-refractivity contribution in [3.63, 3.8) is 0 Å². The van der Waals surface area contributed by atoms with Gasteiger partial charge in [0.2, 0.25) is 0 Å². The van der Waals surface area contributed by atoms with Crippen LogP contribution in [0.1, 0.15) is 54.4 Å². The van der Waals surface area contributed by atoms with Gasteiger partial charge in [0.1, 0.15) is 0 Å². The molecule has 2 rings (SSSR count). The normalized spacial score (nSPS) is 10.9. The minimum absolute atomic E-state index is 0.255. The van der Waals surface area contributed by atoms with Gasteiger partial charge in [-0.05, 0) is 48.6 Å². The van der Waals surface area contributed by atoms with Crippen molar-refractivity contribution in [1.29, 1.82) is 0 Å². The highest BCUT2D eigenvalue weighted by Crippen LogP contribution is 2.33. The van der Waals surface area contributed by atoms with Crippen molar-refractivity contribution in [2.45, 2.75) is 44.9 Å². The van der Waals surface area contributed by atoms with Crippen LogP contribution in [0.2, 0.25) is 0 Å². The van der Waals surface area contributed by atoms with Crippen molar-refractivity contribution < 1.29 is 9.53 Å². The Kier molecular flexibility index (Phi) is 7.08. The number of fused-ring (bicyclic) bond motifs is 1. The number of methoxy groups -OCH3 is 1. The van der Waals surface area contributed by atoms with E-state index in [1.807, 2.05) is 30.3 Å². The van der Waals surface area contributed by atoms with Crippen LogP contribution in [0.25, 0.3) is 11.1 Å². The van der Waals surface area contributed by atoms with Gasteiger partial charge in [0, 0.05) is 0 Å². The number of unbranched alkanes of at least 4 members (excludes halogenated alkanes) is 5. The first kappa shape index (κ1) is 17.5. The van der Waals surface area contributed by atoms with Crippen molar-refractivity contribution >= 4 is 5.97 Å². The fourth-order valence-corrected chi connectivity index (χ4v) is 3.04. The number of hydrogen-bond acceptors (Lipinski definition) is 3. The zero-order valence-electron chi connectivity index (χ0n) is 14.0. The molecule has 2 N–H and O–H groups in total. The quantitative estimate of drug-likeness (QED) is 0.551. The number of rotatable bonds is 9. The minimum atomic E-state index is -0.255. The highest BCUT2D eigenvalue weighted by molar-refractivity contribution is 6.00. The maximum atomic E-state index is 12.0. The smallest absolute Gasteiger partial charge is 0.338 e. The summed E-state index contributed by atoms with van der Waals surface area (Å²) in [4.78, 5) is 12.0. The van der Waals surface area contributed by atoms with Gasteiger partial charge in [0.25, 0.3) is 0 Å². The van der Waals surface area contributed by atoms with Gasteiger partial charge in [-0.1, -0.05) is 56.0 Å². The summed E-state index contributed by atoms with van der Waals surface area (Å²) in [6.07, 6.45) is 8.28. The van der Waals surface area contributed by atoms with Crippen LogP contribution in [0, 0.1) is 0 Å². The standard InChI is InChI=1S/C20H27NO2/c1-23-20(22)19-15-16(11-7-4-2-3-5-10-14-21)17-12-8-6-9-13-18(17)19/h6,8-9,12-13,15H,2-5,7,10-11,14,21H2,1H3. The van der Waals surface area contributed by atoms with Crippen molar-refractivity contribution in [3.05, 3.63) is 47.5 Å². The highest BCUT2D eigenvalue weighted by atomic mass is 16.5. The van der Waals surface area contributed by atoms with E-state index in [0.717, 1.165) is 31.4 Å². The first-order chi connectivity index (χ1) is 11.3. The highest BCUT2D eigenvalue weighted by Gasteiger charge is 2.19. The molecule has 23 heavy (non-hydrogen) atoms. The fourth-order valence-electron chi connectivity index (χ4n) is 3.04. The van der Waals surface area contributed by atoms with Gasteiger partial charge in [-0.2, -0.15) is 0 Å². The molecule has 0 amide bonds. The largest absolute Gasteiger partial charge is 0.465 e. The molecule has 0 aliphatic heterocycles. The molecule has 0 saturated heterocycles. The van der Waals surface area contributed by atoms with E-state index in [2.05, 4.69) is 6.07 Å². The van der Waals surface area contributed by atoms with Crippen molar-refractivity contribution in [2.24, 2.45) is 5.73 Å². The van der Waals surface area contributed by atoms with Crippen molar-refractivity contribution in [2.75, 3.05) is 13.7 Å². The summed E-state index contributed by atoms with van der Waals surface area (Å²) in [7, 11) is 1.44. The maximum Gasteiger partial charge on any atom is 0.338 e. The molecule has 0 heterocycles. The molecule has 0 saturated carbocycles. The number of ether oxygens (including phenoxy) is 1. The van der Waals surface area contributed by atoms with Crippen LogP contribution in [0.5, 0.6) is 0 Å². The lowest BCUT2D eigenvalue weighted by Crippen LogP contribution is -1.99. The lowest BCUT2D eigenvalue weighted by molar-refractivity contribution is 0.0602. The monoisotopic (exact) mass is 313 g/mol. The van der Waals surface area contributed by atoms with E-state index < -0.39 is 0 Å². The van der Waals surface area contributed by atoms with E-state index in [9.17, 15) is 4.79 Å². The number of aryl methyl sites for hydroxylation is 1. The van der Waals surface area contributed by atoms with Gasteiger partial charge in [0.15, 0.2) is 0 Å². The fraction of sp³-hybridized carbons (Fsp3) is 0.450. The van der Waals surface area contributed by atoms with Crippen LogP contribution < -0.4 is 5.73 Å². The minimum Gasteiger partial charge on any atom is -0.465 e. The van der Waals surface area contributed by atoms with E-state index in [1.54, 1.807) is 0 Å². The van der Waals surface area contributed by atoms with Crippen LogP contribution >= 0.6 is 0 Å².